The molecule has 80 valence electrons. The molecule has 16 heavy (non-hydrogen) atoms. The topological polar surface area (TPSA) is 0 Å². The summed E-state index contributed by atoms with van der Waals surface area (Å²) in [7, 11) is 0. The van der Waals surface area contributed by atoms with Gasteiger partial charge in [0.25, 0.3) is 0 Å². The van der Waals surface area contributed by atoms with Gasteiger partial charge in [0.1, 0.15) is 0 Å². The molecule has 0 heteroatoms. The fraction of sp³-hybridized carbons (Fsp3) is 0.250. The molecule has 0 nitrogen and oxygen atoms in total. The Morgan fingerprint density at radius 3 is 2.62 bits per heavy atom. The predicted octanol–water partition coefficient (Wildman–Crippen LogP) is 4.66. The van der Waals surface area contributed by atoms with Crippen molar-refractivity contribution in [2.24, 2.45) is 0 Å². The van der Waals surface area contributed by atoms with Crippen LogP contribution in [0.2, 0.25) is 0 Å². The maximum atomic E-state index is 2.38. The van der Waals surface area contributed by atoms with E-state index in [4.69, 9.17) is 0 Å². The zero-order valence-electron chi connectivity index (χ0n) is 9.61. The van der Waals surface area contributed by atoms with Crippen LogP contribution in [0.3, 0.4) is 0 Å². The molecule has 2 aromatic rings. The second kappa shape index (κ2) is 3.79. The molecule has 0 N–H and O–H groups in total. The Hall–Kier alpha value is -1.56. The van der Waals surface area contributed by atoms with Crippen molar-refractivity contribution in [3.63, 3.8) is 0 Å². The molecule has 0 saturated heterocycles. The zero-order chi connectivity index (χ0) is 11.0. The summed E-state index contributed by atoms with van der Waals surface area (Å²) in [6, 6.07) is 15.4. The Morgan fingerprint density at radius 1 is 1.00 bits per heavy atom. The minimum absolute atomic E-state index is 0.700. The van der Waals surface area contributed by atoms with Gasteiger partial charge in [-0.1, -0.05) is 54.1 Å². The molecule has 0 saturated carbocycles. The summed E-state index contributed by atoms with van der Waals surface area (Å²) < 4.78 is 0. The van der Waals surface area contributed by atoms with Crippen LogP contribution >= 0.6 is 0 Å². The molecule has 2 aromatic carbocycles. The van der Waals surface area contributed by atoms with Gasteiger partial charge in [0, 0.05) is 0 Å². The smallest absolute Gasteiger partial charge is 0.00840 e. The monoisotopic (exact) mass is 208 g/mol. The summed E-state index contributed by atoms with van der Waals surface area (Å²) in [6.45, 7) is 2.24. The van der Waals surface area contributed by atoms with E-state index in [2.05, 4.69) is 55.5 Å². The summed E-state index contributed by atoms with van der Waals surface area (Å²) in [4.78, 5) is 0. The van der Waals surface area contributed by atoms with Crippen LogP contribution in [0.4, 0.5) is 0 Å². The van der Waals surface area contributed by atoms with Gasteiger partial charge in [-0.15, -0.1) is 0 Å². The molecule has 1 atom stereocenters. The Bertz CT molecular complexity index is 543. The van der Waals surface area contributed by atoms with E-state index in [0.29, 0.717) is 5.92 Å². The van der Waals surface area contributed by atoms with Crippen LogP contribution in [-0.4, -0.2) is 0 Å². The molecule has 1 aliphatic rings. The second-order valence-corrected chi connectivity index (χ2v) is 4.76. The van der Waals surface area contributed by atoms with Crippen molar-refractivity contribution >= 4 is 10.8 Å². The molecule has 0 fully saturated rings. The molecule has 0 spiro atoms. The first-order chi connectivity index (χ1) is 7.84. The third-order valence-electron chi connectivity index (χ3n) is 3.58. The molecular weight excluding hydrogens is 192 g/mol. The van der Waals surface area contributed by atoms with Gasteiger partial charge in [-0.25, -0.2) is 0 Å². The Balaban J connectivity index is 2.10. The number of fused-ring (bicyclic) bond motifs is 1. The summed E-state index contributed by atoms with van der Waals surface area (Å²) in [5, 5.41) is 2.79. The van der Waals surface area contributed by atoms with E-state index in [9.17, 15) is 0 Å². The van der Waals surface area contributed by atoms with Gasteiger partial charge in [-0.3, -0.25) is 0 Å². The minimum atomic E-state index is 0.700. The van der Waals surface area contributed by atoms with Crippen LogP contribution in [0.5, 0.6) is 0 Å². The van der Waals surface area contributed by atoms with Gasteiger partial charge < -0.3 is 0 Å². The van der Waals surface area contributed by atoms with Crippen LogP contribution in [0.1, 0.15) is 31.2 Å². The van der Waals surface area contributed by atoms with Crippen molar-refractivity contribution < 1.29 is 0 Å². The summed E-state index contributed by atoms with van der Waals surface area (Å²) in [5.74, 6) is 0.700. The fourth-order valence-electron chi connectivity index (χ4n) is 2.74. The van der Waals surface area contributed by atoms with E-state index >= 15 is 0 Å². The number of hydrogen-bond acceptors (Lipinski definition) is 0. The van der Waals surface area contributed by atoms with E-state index in [1.165, 1.54) is 34.8 Å². The van der Waals surface area contributed by atoms with Gasteiger partial charge in [-0.2, -0.15) is 0 Å². The average molecular weight is 208 g/mol. The first-order valence-electron chi connectivity index (χ1n) is 5.98. The largest absolute Gasteiger partial charge is 0.0850 e. The Morgan fingerprint density at radius 2 is 1.81 bits per heavy atom. The number of benzene rings is 2. The molecule has 1 aliphatic carbocycles. The lowest BCUT2D eigenvalue weighted by Crippen LogP contribution is -1.94. The SMILES string of the molecule is CC1=CCC(c2cccc3ccccc23)C1. The van der Waals surface area contributed by atoms with Crippen LogP contribution in [0.25, 0.3) is 10.8 Å². The summed E-state index contributed by atoms with van der Waals surface area (Å²) >= 11 is 0. The predicted molar refractivity (Wildman–Crippen MR) is 69.7 cm³/mol. The Labute approximate surface area is 96.6 Å². The molecule has 0 amide bonds. The molecule has 0 bridgehead atoms. The maximum Gasteiger partial charge on any atom is -0.00840 e. The van der Waals surface area contributed by atoms with E-state index in [-0.39, 0.29) is 0 Å². The quantitative estimate of drug-likeness (QED) is 0.598. The lowest BCUT2D eigenvalue weighted by Gasteiger charge is -2.13. The molecular formula is C16H16. The van der Waals surface area contributed by atoms with Gasteiger partial charge in [0.15, 0.2) is 0 Å². The van der Waals surface area contributed by atoms with Crippen molar-refractivity contribution in [2.45, 2.75) is 25.7 Å². The minimum Gasteiger partial charge on any atom is -0.0850 e. The average Bonchev–Trinajstić information content (AvgIpc) is 2.75. The first-order valence-corrected chi connectivity index (χ1v) is 5.98. The standard InChI is InChI=1S/C16H16/c1-12-9-10-14(11-12)16-8-4-6-13-5-2-3-7-15(13)16/h2-9,14H,10-11H2,1H3. The molecule has 3 rings (SSSR count). The third-order valence-corrected chi connectivity index (χ3v) is 3.58. The lowest BCUT2D eigenvalue weighted by atomic mass is 9.91. The molecule has 0 aromatic heterocycles. The highest BCUT2D eigenvalue weighted by Gasteiger charge is 2.17. The first kappa shape index (κ1) is 9.65. The van der Waals surface area contributed by atoms with Crippen molar-refractivity contribution in [1.29, 1.82) is 0 Å². The van der Waals surface area contributed by atoms with Crippen LogP contribution in [-0.2, 0) is 0 Å². The van der Waals surface area contributed by atoms with Crippen molar-refractivity contribution in [1.82, 2.24) is 0 Å². The van der Waals surface area contributed by atoms with Crippen molar-refractivity contribution in [2.75, 3.05) is 0 Å². The maximum absolute atomic E-state index is 2.38. The third kappa shape index (κ3) is 1.55. The van der Waals surface area contributed by atoms with Crippen LogP contribution in [0.15, 0.2) is 54.1 Å². The van der Waals surface area contributed by atoms with E-state index in [1.54, 1.807) is 0 Å². The second-order valence-electron chi connectivity index (χ2n) is 4.76. The highest BCUT2D eigenvalue weighted by Crippen LogP contribution is 2.36. The lowest BCUT2D eigenvalue weighted by molar-refractivity contribution is 0.747. The van der Waals surface area contributed by atoms with Crippen molar-refractivity contribution in [3.05, 3.63) is 59.7 Å². The van der Waals surface area contributed by atoms with Crippen LogP contribution < -0.4 is 0 Å². The number of rotatable bonds is 1. The van der Waals surface area contributed by atoms with E-state index in [0.717, 1.165) is 0 Å². The Kier molecular flexibility index (Phi) is 2.28. The van der Waals surface area contributed by atoms with Gasteiger partial charge >= 0.3 is 0 Å². The summed E-state index contributed by atoms with van der Waals surface area (Å²) in [6.07, 6.45) is 4.82. The van der Waals surface area contributed by atoms with Crippen molar-refractivity contribution in [3.8, 4) is 0 Å². The molecule has 0 aliphatic heterocycles. The molecule has 0 heterocycles. The van der Waals surface area contributed by atoms with Gasteiger partial charge in [0.2, 0.25) is 0 Å². The van der Waals surface area contributed by atoms with Gasteiger partial charge in [-0.05, 0) is 42.0 Å². The molecule has 1 unspecified atom stereocenters. The number of allylic oxidation sites excluding steroid dienone is 2. The van der Waals surface area contributed by atoms with E-state index in [1.807, 2.05) is 0 Å². The zero-order valence-corrected chi connectivity index (χ0v) is 9.61. The fourth-order valence-corrected chi connectivity index (χ4v) is 2.74. The molecule has 0 radical (unpaired) electrons. The normalized spacial score (nSPS) is 20.1. The van der Waals surface area contributed by atoms with E-state index < -0.39 is 0 Å². The highest BCUT2D eigenvalue weighted by molar-refractivity contribution is 5.86. The number of hydrogen-bond donors (Lipinski definition) is 0. The summed E-state index contributed by atoms with van der Waals surface area (Å²) in [5.41, 5.74) is 3.06. The van der Waals surface area contributed by atoms with Gasteiger partial charge in [0.05, 0.1) is 0 Å². The highest BCUT2D eigenvalue weighted by atomic mass is 14.2. The van der Waals surface area contributed by atoms with Crippen LogP contribution in [0, 0.1) is 0 Å².